The van der Waals surface area contributed by atoms with Gasteiger partial charge in [-0.2, -0.15) is 0 Å². The number of pyridine rings is 1. The zero-order chi connectivity index (χ0) is 19.3. The summed E-state index contributed by atoms with van der Waals surface area (Å²) in [5, 5.41) is 6.83. The third-order valence-corrected chi connectivity index (χ3v) is 4.68. The molecule has 3 aromatic rings. The van der Waals surface area contributed by atoms with Crippen molar-refractivity contribution in [3.8, 4) is 5.75 Å². The highest BCUT2D eigenvalue weighted by Crippen LogP contribution is 2.30. The molecule has 5 nitrogen and oxygen atoms in total. The predicted molar refractivity (Wildman–Crippen MR) is 111 cm³/mol. The Labute approximate surface area is 168 Å². The summed E-state index contributed by atoms with van der Waals surface area (Å²) in [6.07, 6.45) is 3.63. The molecule has 142 valence electrons. The Hall–Kier alpha value is -3.05. The maximum atomic E-state index is 11.8. The van der Waals surface area contributed by atoms with Crippen LogP contribution < -0.4 is 15.4 Å². The van der Waals surface area contributed by atoms with Crippen molar-refractivity contribution < 1.29 is 9.53 Å². The van der Waals surface area contributed by atoms with Crippen LogP contribution in [0.4, 0.5) is 17.2 Å². The molecular weight excluding hydrogens is 374 g/mol. The molecule has 1 aliphatic carbocycles. The summed E-state index contributed by atoms with van der Waals surface area (Å²) in [6.45, 7) is 0.486. The van der Waals surface area contributed by atoms with Gasteiger partial charge in [0.25, 0.3) is 0 Å². The molecule has 1 fully saturated rings. The average molecular weight is 394 g/mol. The van der Waals surface area contributed by atoms with Gasteiger partial charge in [0.15, 0.2) is 0 Å². The minimum atomic E-state index is 0.0803. The van der Waals surface area contributed by atoms with Gasteiger partial charge in [-0.1, -0.05) is 23.7 Å². The largest absolute Gasteiger partial charge is 0.489 e. The van der Waals surface area contributed by atoms with Crippen LogP contribution in [0, 0.1) is 5.92 Å². The number of halogens is 1. The highest BCUT2D eigenvalue weighted by Gasteiger charge is 2.29. The second kappa shape index (κ2) is 8.31. The number of aromatic nitrogens is 1. The molecule has 0 atom stereocenters. The number of amides is 1. The number of nitrogens with one attached hydrogen (secondary N) is 2. The lowest BCUT2D eigenvalue weighted by Gasteiger charge is -2.10. The molecule has 0 radical (unpaired) electrons. The first kappa shape index (κ1) is 18.3. The van der Waals surface area contributed by atoms with Gasteiger partial charge in [-0.15, -0.1) is 0 Å². The van der Waals surface area contributed by atoms with Crippen molar-refractivity contribution in [3.63, 3.8) is 0 Å². The number of carbonyl (C=O) groups excluding carboxylic acids is 1. The minimum Gasteiger partial charge on any atom is -0.489 e. The highest BCUT2D eigenvalue weighted by atomic mass is 35.5. The Morgan fingerprint density at radius 1 is 1.00 bits per heavy atom. The SMILES string of the molecule is O=C(Nc1ccc(Nc2ccc(OCc3ccc(Cl)cc3)cc2)nc1)C1CC1. The molecule has 1 amide bonds. The molecule has 0 bridgehead atoms. The Morgan fingerprint density at radius 3 is 2.36 bits per heavy atom. The van der Waals surface area contributed by atoms with E-state index in [0.717, 1.165) is 29.8 Å². The maximum Gasteiger partial charge on any atom is 0.227 e. The Balaban J connectivity index is 1.29. The third kappa shape index (κ3) is 5.02. The van der Waals surface area contributed by atoms with Gasteiger partial charge in [0, 0.05) is 16.6 Å². The monoisotopic (exact) mass is 393 g/mol. The van der Waals surface area contributed by atoms with Crippen LogP contribution >= 0.6 is 11.6 Å². The highest BCUT2D eigenvalue weighted by molar-refractivity contribution is 6.30. The van der Waals surface area contributed by atoms with Crippen molar-refractivity contribution in [2.75, 3.05) is 10.6 Å². The van der Waals surface area contributed by atoms with Crippen LogP contribution in [0.15, 0.2) is 66.9 Å². The Bertz CT molecular complexity index is 937. The molecular formula is C22H20ClN3O2. The normalized spacial score (nSPS) is 13.0. The van der Waals surface area contributed by atoms with Crippen LogP contribution in [-0.2, 0) is 11.4 Å². The molecule has 6 heteroatoms. The molecule has 1 saturated carbocycles. The summed E-state index contributed by atoms with van der Waals surface area (Å²) in [7, 11) is 0. The van der Waals surface area contributed by atoms with E-state index in [1.807, 2.05) is 60.7 Å². The number of benzene rings is 2. The number of hydrogen-bond acceptors (Lipinski definition) is 4. The molecule has 1 heterocycles. The van der Waals surface area contributed by atoms with E-state index < -0.39 is 0 Å². The standard InChI is InChI=1S/C22H20ClN3O2/c23-17-5-1-15(2-6-17)14-28-20-10-7-18(8-11-20)25-21-12-9-19(13-24-21)26-22(27)16-3-4-16/h1-2,5-13,16H,3-4,14H2,(H,24,25)(H,26,27). The van der Waals surface area contributed by atoms with Crippen LogP contribution in [0.2, 0.25) is 5.02 Å². The summed E-state index contributed by atoms with van der Waals surface area (Å²) in [4.78, 5) is 16.1. The minimum absolute atomic E-state index is 0.0803. The number of ether oxygens (including phenoxy) is 1. The van der Waals surface area contributed by atoms with Crippen LogP contribution in [0.3, 0.4) is 0 Å². The number of carbonyl (C=O) groups is 1. The van der Waals surface area contributed by atoms with Crippen LogP contribution in [0.1, 0.15) is 18.4 Å². The lowest BCUT2D eigenvalue weighted by Crippen LogP contribution is -2.13. The van der Waals surface area contributed by atoms with Crippen LogP contribution in [-0.4, -0.2) is 10.9 Å². The number of hydrogen-bond donors (Lipinski definition) is 2. The van der Waals surface area contributed by atoms with E-state index in [1.54, 1.807) is 6.20 Å². The Morgan fingerprint density at radius 2 is 1.71 bits per heavy atom. The molecule has 4 rings (SSSR count). The lowest BCUT2D eigenvalue weighted by molar-refractivity contribution is -0.117. The van der Waals surface area contributed by atoms with E-state index in [1.165, 1.54) is 0 Å². The van der Waals surface area contributed by atoms with E-state index in [4.69, 9.17) is 16.3 Å². The summed E-state index contributed by atoms with van der Waals surface area (Å²) >= 11 is 5.89. The fourth-order valence-corrected chi connectivity index (χ4v) is 2.79. The molecule has 1 aliphatic rings. The summed E-state index contributed by atoms with van der Waals surface area (Å²) < 4.78 is 5.79. The Kier molecular flexibility index (Phi) is 5.44. The molecule has 0 spiro atoms. The maximum absolute atomic E-state index is 11.8. The van der Waals surface area contributed by atoms with E-state index >= 15 is 0 Å². The van der Waals surface area contributed by atoms with E-state index in [9.17, 15) is 4.79 Å². The van der Waals surface area contributed by atoms with Gasteiger partial charge in [-0.25, -0.2) is 4.98 Å². The van der Waals surface area contributed by atoms with Gasteiger partial charge in [0.2, 0.25) is 5.91 Å². The van der Waals surface area contributed by atoms with Crippen molar-refractivity contribution in [1.82, 2.24) is 4.98 Å². The lowest BCUT2D eigenvalue weighted by atomic mass is 10.2. The number of rotatable bonds is 7. The topological polar surface area (TPSA) is 63.2 Å². The second-order valence-corrected chi connectivity index (χ2v) is 7.20. The zero-order valence-corrected chi connectivity index (χ0v) is 15.9. The van der Waals surface area contributed by atoms with Crippen molar-refractivity contribution in [1.29, 1.82) is 0 Å². The zero-order valence-electron chi connectivity index (χ0n) is 15.2. The van der Waals surface area contributed by atoms with E-state index in [0.29, 0.717) is 23.1 Å². The fraction of sp³-hybridized carbons (Fsp3) is 0.182. The van der Waals surface area contributed by atoms with Crippen molar-refractivity contribution in [2.24, 2.45) is 5.92 Å². The first-order chi connectivity index (χ1) is 13.7. The van der Waals surface area contributed by atoms with Gasteiger partial charge in [0.05, 0.1) is 11.9 Å². The van der Waals surface area contributed by atoms with Gasteiger partial charge >= 0.3 is 0 Å². The fourth-order valence-electron chi connectivity index (χ4n) is 2.66. The average Bonchev–Trinajstić information content (AvgIpc) is 3.56. The predicted octanol–water partition coefficient (Wildman–Crippen LogP) is 5.41. The molecule has 2 aromatic carbocycles. The smallest absolute Gasteiger partial charge is 0.227 e. The number of anilines is 3. The van der Waals surface area contributed by atoms with Crippen molar-refractivity contribution in [2.45, 2.75) is 19.4 Å². The van der Waals surface area contributed by atoms with E-state index in [2.05, 4.69) is 15.6 Å². The first-order valence-corrected chi connectivity index (χ1v) is 9.55. The molecule has 0 aliphatic heterocycles. The van der Waals surface area contributed by atoms with Gasteiger partial charge in [-0.3, -0.25) is 4.79 Å². The van der Waals surface area contributed by atoms with E-state index in [-0.39, 0.29) is 11.8 Å². The molecule has 2 N–H and O–H groups in total. The van der Waals surface area contributed by atoms with Crippen LogP contribution in [0.25, 0.3) is 0 Å². The first-order valence-electron chi connectivity index (χ1n) is 9.17. The quantitative estimate of drug-likeness (QED) is 0.563. The summed E-state index contributed by atoms with van der Waals surface area (Å²) in [6, 6.07) is 19.0. The molecule has 1 aromatic heterocycles. The van der Waals surface area contributed by atoms with Crippen LogP contribution in [0.5, 0.6) is 5.75 Å². The van der Waals surface area contributed by atoms with Gasteiger partial charge in [-0.05, 0) is 66.9 Å². The molecule has 0 unspecified atom stereocenters. The third-order valence-electron chi connectivity index (χ3n) is 4.42. The van der Waals surface area contributed by atoms with Gasteiger partial charge < -0.3 is 15.4 Å². The summed E-state index contributed by atoms with van der Waals surface area (Å²) in [5.74, 6) is 1.75. The van der Waals surface area contributed by atoms with Crippen molar-refractivity contribution >= 4 is 34.7 Å². The molecule has 28 heavy (non-hydrogen) atoms. The second-order valence-electron chi connectivity index (χ2n) is 6.76. The van der Waals surface area contributed by atoms with Crippen molar-refractivity contribution in [3.05, 3.63) is 77.4 Å². The number of nitrogens with zero attached hydrogens (tertiary/aromatic N) is 1. The summed E-state index contributed by atoms with van der Waals surface area (Å²) in [5.41, 5.74) is 2.68. The van der Waals surface area contributed by atoms with Gasteiger partial charge in [0.1, 0.15) is 18.2 Å². The molecule has 0 saturated heterocycles.